The number of hydrogen-bond donors (Lipinski definition) is 1. The highest BCUT2D eigenvalue weighted by Crippen LogP contribution is 2.42. The van der Waals surface area contributed by atoms with Gasteiger partial charge in [-0.2, -0.15) is 0 Å². The van der Waals surface area contributed by atoms with Crippen molar-refractivity contribution in [2.45, 2.75) is 19.9 Å². The number of hydrogen-bond acceptors (Lipinski definition) is 5. The van der Waals surface area contributed by atoms with Gasteiger partial charge in [-0.15, -0.1) is 0 Å². The fourth-order valence-electron chi connectivity index (χ4n) is 3.83. The fraction of sp³-hybridized carbons (Fsp3) is 0.160. The van der Waals surface area contributed by atoms with E-state index in [1.54, 1.807) is 66.9 Å². The number of aliphatic hydroxyl groups is 1. The van der Waals surface area contributed by atoms with Crippen molar-refractivity contribution in [1.29, 1.82) is 0 Å². The molecule has 1 fully saturated rings. The quantitative estimate of drug-likeness (QED) is 0.335. The Bertz CT molecular complexity index is 1210. The molecule has 7 heteroatoms. The topological polar surface area (TPSA) is 79.7 Å². The van der Waals surface area contributed by atoms with Gasteiger partial charge in [-0.25, -0.2) is 4.98 Å². The Hall–Kier alpha value is -3.64. The zero-order chi connectivity index (χ0) is 22.8. The summed E-state index contributed by atoms with van der Waals surface area (Å²) in [5.74, 6) is -0.806. The van der Waals surface area contributed by atoms with Gasteiger partial charge < -0.3 is 9.84 Å². The lowest BCUT2D eigenvalue weighted by Gasteiger charge is -2.24. The number of amides is 1. The van der Waals surface area contributed by atoms with E-state index in [2.05, 4.69) is 4.98 Å². The Morgan fingerprint density at radius 1 is 1.12 bits per heavy atom. The SMILES string of the molecule is CCOc1ccc(/C(O)=C2\C(=O)C(=O)N(c3ccccn3)C2c2ccc(Cl)cc2)c(C)c1. The number of aryl methyl sites for hydroxylation is 1. The van der Waals surface area contributed by atoms with E-state index in [4.69, 9.17) is 16.3 Å². The van der Waals surface area contributed by atoms with Crippen LogP contribution >= 0.6 is 11.6 Å². The van der Waals surface area contributed by atoms with E-state index in [1.165, 1.54) is 4.90 Å². The number of ether oxygens (including phenoxy) is 1. The van der Waals surface area contributed by atoms with Crippen LogP contribution in [0.5, 0.6) is 5.75 Å². The summed E-state index contributed by atoms with van der Waals surface area (Å²) in [6, 6.07) is 16.3. The lowest BCUT2D eigenvalue weighted by Crippen LogP contribution is -2.30. The Kier molecular flexibility index (Phi) is 5.97. The van der Waals surface area contributed by atoms with Crippen molar-refractivity contribution in [3.05, 3.63) is 94.1 Å². The van der Waals surface area contributed by atoms with Crippen LogP contribution in [-0.4, -0.2) is 28.4 Å². The molecule has 2 aromatic carbocycles. The zero-order valence-electron chi connectivity index (χ0n) is 17.6. The summed E-state index contributed by atoms with van der Waals surface area (Å²) < 4.78 is 5.51. The molecule has 0 radical (unpaired) electrons. The first-order chi connectivity index (χ1) is 15.4. The predicted molar refractivity (Wildman–Crippen MR) is 123 cm³/mol. The number of benzene rings is 2. The first-order valence-electron chi connectivity index (χ1n) is 10.1. The monoisotopic (exact) mass is 448 g/mol. The van der Waals surface area contributed by atoms with E-state index in [-0.39, 0.29) is 11.3 Å². The first kappa shape index (κ1) is 21.6. The number of carbonyl (C=O) groups excluding carboxylic acids is 2. The Morgan fingerprint density at radius 3 is 2.50 bits per heavy atom. The van der Waals surface area contributed by atoms with Gasteiger partial charge in [0.25, 0.3) is 5.78 Å². The van der Waals surface area contributed by atoms with E-state index in [0.29, 0.717) is 39.9 Å². The van der Waals surface area contributed by atoms with Crippen molar-refractivity contribution in [1.82, 2.24) is 4.98 Å². The molecule has 4 rings (SSSR count). The largest absolute Gasteiger partial charge is 0.507 e. The molecule has 1 N–H and O–H groups in total. The van der Waals surface area contributed by atoms with Crippen molar-refractivity contribution in [3.63, 3.8) is 0 Å². The van der Waals surface area contributed by atoms with E-state index in [9.17, 15) is 14.7 Å². The number of anilines is 1. The first-order valence-corrected chi connectivity index (χ1v) is 10.5. The number of rotatable bonds is 5. The molecule has 0 spiro atoms. The van der Waals surface area contributed by atoms with Gasteiger partial charge in [0.2, 0.25) is 0 Å². The number of Topliss-reactive ketones (excluding diaryl/α,β-unsaturated/α-hetero) is 1. The summed E-state index contributed by atoms with van der Waals surface area (Å²) in [6.45, 7) is 4.20. The maximum atomic E-state index is 13.1. The van der Waals surface area contributed by atoms with Crippen LogP contribution in [0.25, 0.3) is 5.76 Å². The molecular weight excluding hydrogens is 428 g/mol. The molecule has 0 saturated carbocycles. The van der Waals surface area contributed by atoms with Gasteiger partial charge in [0.05, 0.1) is 18.2 Å². The van der Waals surface area contributed by atoms with E-state index in [0.717, 1.165) is 0 Å². The van der Waals surface area contributed by atoms with Crippen LogP contribution in [0.15, 0.2) is 72.4 Å². The molecule has 1 amide bonds. The van der Waals surface area contributed by atoms with Crippen LogP contribution in [0.2, 0.25) is 5.02 Å². The summed E-state index contributed by atoms with van der Waals surface area (Å²) in [5.41, 5.74) is 1.79. The molecule has 1 unspecified atom stereocenters. The van der Waals surface area contributed by atoms with Crippen molar-refractivity contribution in [2.24, 2.45) is 0 Å². The molecule has 3 aromatic rings. The Labute approximate surface area is 190 Å². The van der Waals surface area contributed by atoms with E-state index in [1.807, 2.05) is 13.8 Å². The standard InChI is InChI=1S/C25H21ClN2O4/c1-3-32-18-11-12-19(15(2)14-18)23(29)21-22(16-7-9-17(26)10-8-16)28(25(31)24(21)30)20-6-4-5-13-27-20/h4-14,22,29H,3H2,1-2H3/b23-21+. The highest BCUT2D eigenvalue weighted by atomic mass is 35.5. The summed E-state index contributed by atoms with van der Waals surface area (Å²) in [5, 5.41) is 11.8. The molecule has 1 aliphatic rings. The highest BCUT2D eigenvalue weighted by molar-refractivity contribution is 6.51. The van der Waals surface area contributed by atoms with Crippen LogP contribution in [0.3, 0.4) is 0 Å². The van der Waals surface area contributed by atoms with Crippen molar-refractivity contribution < 1.29 is 19.4 Å². The minimum Gasteiger partial charge on any atom is -0.507 e. The molecule has 162 valence electrons. The number of halogens is 1. The smallest absolute Gasteiger partial charge is 0.301 e. The number of aliphatic hydroxyl groups excluding tert-OH is 1. The van der Waals surface area contributed by atoms with Crippen molar-refractivity contribution >= 4 is 34.9 Å². The maximum Gasteiger partial charge on any atom is 0.301 e. The maximum absolute atomic E-state index is 13.1. The molecule has 32 heavy (non-hydrogen) atoms. The van der Waals surface area contributed by atoms with Crippen LogP contribution < -0.4 is 9.64 Å². The Morgan fingerprint density at radius 2 is 1.88 bits per heavy atom. The third-order valence-electron chi connectivity index (χ3n) is 5.29. The average Bonchev–Trinajstić information content (AvgIpc) is 3.05. The van der Waals surface area contributed by atoms with Crippen molar-refractivity contribution in [3.8, 4) is 5.75 Å². The highest BCUT2D eigenvalue weighted by Gasteiger charge is 2.47. The molecule has 6 nitrogen and oxygen atoms in total. The summed E-state index contributed by atoms with van der Waals surface area (Å²) in [4.78, 5) is 31.8. The van der Waals surface area contributed by atoms with Gasteiger partial charge in [0.15, 0.2) is 0 Å². The molecule has 2 heterocycles. The van der Waals surface area contributed by atoms with Gasteiger partial charge in [-0.1, -0.05) is 29.8 Å². The van der Waals surface area contributed by atoms with Gasteiger partial charge in [-0.05, 0) is 67.4 Å². The molecule has 1 saturated heterocycles. The van der Waals surface area contributed by atoms with E-state index < -0.39 is 17.7 Å². The number of aromatic nitrogens is 1. The minimum atomic E-state index is -0.854. The fourth-order valence-corrected chi connectivity index (χ4v) is 3.95. The van der Waals surface area contributed by atoms with Gasteiger partial charge >= 0.3 is 5.91 Å². The lowest BCUT2D eigenvalue weighted by atomic mass is 9.94. The zero-order valence-corrected chi connectivity index (χ0v) is 18.3. The molecule has 0 bridgehead atoms. The normalized spacial score (nSPS) is 17.6. The number of pyridine rings is 1. The molecule has 1 aromatic heterocycles. The van der Waals surface area contributed by atoms with Crippen LogP contribution in [0, 0.1) is 6.92 Å². The third kappa shape index (κ3) is 3.85. The minimum absolute atomic E-state index is 0.00441. The van der Waals surface area contributed by atoms with E-state index >= 15 is 0 Å². The van der Waals surface area contributed by atoms with Crippen LogP contribution in [0.4, 0.5) is 5.82 Å². The number of nitrogens with zero attached hydrogens (tertiary/aromatic N) is 2. The van der Waals surface area contributed by atoms with Gasteiger partial charge in [0, 0.05) is 16.8 Å². The van der Waals surface area contributed by atoms with Gasteiger partial charge in [-0.3, -0.25) is 14.5 Å². The molecular formula is C25H21ClN2O4. The summed E-state index contributed by atoms with van der Waals surface area (Å²) in [6.07, 6.45) is 1.55. The molecule has 1 atom stereocenters. The number of carbonyl (C=O) groups is 2. The second-order valence-electron chi connectivity index (χ2n) is 7.32. The third-order valence-corrected chi connectivity index (χ3v) is 5.54. The predicted octanol–water partition coefficient (Wildman–Crippen LogP) is 5.07. The molecule has 0 aliphatic carbocycles. The summed E-state index contributed by atoms with van der Waals surface area (Å²) >= 11 is 6.05. The Balaban J connectivity index is 1.91. The lowest BCUT2D eigenvalue weighted by molar-refractivity contribution is -0.132. The molecule has 1 aliphatic heterocycles. The summed E-state index contributed by atoms with van der Waals surface area (Å²) in [7, 11) is 0. The second-order valence-corrected chi connectivity index (χ2v) is 7.75. The van der Waals surface area contributed by atoms with Crippen molar-refractivity contribution in [2.75, 3.05) is 11.5 Å². The van der Waals surface area contributed by atoms with Crippen LogP contribution in [0.1, 0.15) is 29.7 Å². The van der Waals surface area contributed by atoms with Gasteiger partial charge in [0.1, 0.15) is 17.3 Å². The van der Waals surface area contributed by atoms with Crippen LogP contribution in [-0.2, 0) is 9.59 Å². The average molecular weight is 449 g/mol. The second kappa shape index (κ2) is 8.85. The number of ketones is 1.